The highest BCUT2D eigenvalue weighted by molar-refractivity contribution is 6.30. The normalized spacial score (nSPS) is 10.3. The van der Waals surface area contributed by atoms with Gasteiger partial charge in [-0.05, 0) is 29.8 Å². The fourth-order valence-electron chi connectivity index (χ4n) is 1.80. The van der Waals surface area contributed by atoms with Gasteiger partial charge in [-0.3, -0.25) is 4.79 Å². The Kier molecular flexibility index (Phi) is 4.58. The van der Waals surface area contributed by atoms with Crippen molar-refractivity contribution in [3.05, 3.63) is 64.4 Å². The molecule has 20 heavy (non-hydrogen) atoms. The Bertz CT molecular complexity index is 614. The van der Waals surface area contributed by atoms with E-state index in [2.05, 4.69) is 5.32 Å². The second-order valence-electron chi connectivity index (χ2n) is 4.43. The zero-order valence-corrected chi connectivity index (χ0v) is 11.5. The maximum atomic E-state index is 13.6. The number of benzene rings is 2. The first-order valence-electron chi connectivity index (χ1n) is 6.09. The molecule has 0 atom stereocenters. The van der Waals surface area contributed by atoms with E-state index in [9.17, 15) is 9.18 Å². The van der Waals surface area contributed by atoms with Crippen LogP contribution in [-0.4, -0.2) is 5.91 Å². The number of hydrogen-bond donors (Lipinski definition) is 2. The van der Waals surface area contributed by atoms with E-state index in [0.717, 1.165) is 11.3 Å². The standard InChI is InChI=1S/C15H14ClFN2O/c16-12-4-3-11(14(17)8-12)9-19-13-5-1-10(2-6-13)7-15(18)20/h1-6,8,19H,7,9H2,(H2,18,20). The third-order valence-electron chi connectivity index (χ3n) is 2.83. The molecule has 0 radical (unpaired) electrons. The van der Waals surface area contributed by atoms with Gasteiger partial charge >= 0.3 is 0 Å². The predicted molar refractivity (Wildman–Crippen MR) is 78.1 cm³/mol. The van der Waals surface area contributed by atoms with Crippen molar-refractivity contribution >= 4 is 23.2 Å². The zero-order valence-electron chi connectivity index (χ0n) is 10.7. The maximum absolute atomic E-state index is 13.6. The quantitative estimate of drug-likeness (QED) is 0.889. The number of rotatable bonds is 5. The van der Waals surface area contributed by atoms with Gasteiger partial charge in [0, 0.05) is 22.8 Å². The average Bonchev–Trinajstić information content (AvgIpc) is 2.39. The fraction of sp³-hybridized carbons (Fsp3) is 0.133. The van der Waals surface area contributed by atoms with Crippen LogP contribution in [0, 0.1) is 5.82 Å². The number of nitrogens with two attached hydrogens (primary N) is 1. The number of amides is 1. The van der Waals surface area contributed by atoms with Crippen LogP contribution >= 0.6 is 11.6 Å². The van der Waals surface area contributed by atoms with Gasteiger partial charge in [-0.1, -0.05) is 29.8 Å². The lowest BCUT2D eigenvalue weighted by Crippen LogP contribution is -2.13. The van der Waals surface area contributed by atoms with Gasteiger partial charge in [0.1, 0.15) is 5.82 Å². The van der Waals surface area contributed by atoms with Crippen molar-refractivity contribution in [2.45, 2.75) is 13.0 Å². The summed E-state index contributed by atoms with van der Waals surface area (Å²) in [4.78, 5) is 10.8. The largest absolute Gasteiger partial charge is 0.381 e. The lowest BCUT2D eigenvalue weighted by atomic mass is 10.1. The Morgan fingerprint density at radius 3 is 2.50 bits per heavy atom. The summed E-state index contributed by atoms with van der Waals surface area (Å²) in [5.41, 5.74) is 7.34. The molecule has 5 heteroatoms. The number of carbonyl (C=O) groups is 1. The summed E-state index contributed by atoms with van der Waals surface area (Å²) in [5.74, 6) is -0.704. The van der Waals surface area contributed by atoms with Crippen LogP contribution in [0.5, 0.6) is 0 Å². The van der Waals surface area contributed by atoms with Crippen molar-refractivity contribution in [1.29, 1.82) is 0 Å². The summed E-state index contributed by atoms with van der Waals surface area (Å²) in [6.45, 7) is 0.359. The smallest absolute Gasteiger partial charge is 0.221 e. The van der Waals surface area contributed by atoms with E-state index in [-0.39, 0.29) is 18.1 Å². The van der Waals surface area contributed by atoms with Gasteiger partial charge in [0.2, 0.25) is 5.91 Å². The van der Waals surface area contributed by atoms with Crippen LogP contribution in [0.1, 0.15) is 11.1 Å². The van der Waals surface area contributed by atoms with Crippen molar-refractivity contribution < 1.29 is 9.18 Å². The molecule has 0 heterocycles. The van der Waals surface area contributed by atoms with Crippen LogP contribution in [0.15, 0.2) is 42.5 Å². The van der Waals surface area contributed by atoms with Crippen LogP contribution in [0.3, 0.4) is 0 Å². The molecule has 2 aromatic carbocycles. The third kappa shape index (κ3) is 3.96. The fourth-order valence-corrected chi connectivity index (χ4v) is 1.96. The molecular formula is C15H14ClFN2O. The van der Waals surface area contributed by atoms with E-state index in [1.165, 1.54) is 6.07 Å². The monoisotopic (exact) mass is 292 g/mol. The highest BCUT2D eigenvalue weighted by Crippen LogP contribution is 2.17. The summed E-state index contributed by atoms with van der Waals surface area (Å²) in [6, 6.07) is 11.9. The molecule has 1 amide bonds. The molecule has 0 aromatic heterocycles. The lowest BCUT2D eigenvalue weighted by Gasteiger charge is -2.08. The number of hydrogen-bond acceptors (Lipinski definition) is 2. The minimum Gasteiger partial charge on any atom is -0.381 e. The molecule has 0 aliphatic rings. The molecule has 0 unspecified atom stereocenters. The third-order valence-corrected chi connectivity index (χ3v) is 3.07. The summed E-state index contributed by atoms with van der Waals surface area (Å²) in [7, 11) is 0. The van der Waals surface area contributed by atoms with Crippen molar-refractivity contribution in [3.8, 4) is 0 Å². The van der Waals surface area contributed by atoms with Gasteiger partial charge in [-0.25, -0.2) is 4.39 Å². The summed E-state index contributed by atoms with van der Waals surface area (Å²) >= 11 is 5.69. The molecule has 3 nitrogen and oxygen atoms in total. The molecule has 0 aliphatic carbocycles. The van der Waals surface area contributed by atoms with Crippen molar-refractivity contribution in [1.82, 2.24) is 0 Å². The highest BCUT2D eigenvalue weighted by Gasteiger charge is 2.03. The van der Waals surface area contributed by atoms with Crippen LogP contribution < -0.4 is 11.1 Å². The van der Waals surface area contributed by atoms with Crippen LogP contribution in [-0.2, 0) is 17.8 Å². The van der Waals surface area contributed by atoms with E-state index in [1.807, 2.05) is 24.3 Å². The molecule has 2 rings (SSSR count). The van der Waals surface area contributed by atoms with Gasteiger partial charge in [-0.2, -0.15) is 0 Å². The Hall–Kier alpha value is -2.07. The van der Waals surface area contributed by atoms with E-state index in [0.29, 0.717) is 17.1 Å². The highest BCUT2D eigenvalue weighted by atomic mass is 35.5. The molecule has 104 valence electrons. The Labute approximate surface area is 121 Å². The molecule has 0 spiro atoms. The first kappa shape index (κ1) is 14.3. The van der Waals surface area contributed by atoms with E-state index < -0.39 is 0 Å². The number of anilines is 1. The molecule has 0 aliphatic heterocycles. The van der Waals surface area contributed by atoms with Crippen LogP contribution in [0.25, 0.3) is 0 Å². The van der Waals surface area contributed by atoms with E-state index >= 15 is 0 Å². The Balaban J connectivity index is 1.98. The van der Waals surface area contributed by atoms with Gasteiger partial charge in [0.25, 0.3) is 0 Å². The number of nitrogens with one attached hydrogen (secondary N) is 1. The topological polar surface area (TPSA) is 55.1 Å². The number of primary amides is 1. The first-order valence-corrected chi connectivity index (χ1v) is 6.47. The second-order valence-corrected chi connectivity index (χ2v) is 4.87. The van der Waals surface area contributed by atoms with Crippen molar-refractivity contribution in [2.75, 3.05) is 5.32 Å². The lowest BCUT2D eigenvalue weighted by molar-refractivity contribution is -0.117. The number of halogens is 2. The van der Waals surface area contributed by atoms with Gasteiger partial charge in [-0.15, -0.1) is 0 Å². The minimum atomic E-state index is -0.367. The molecule has 3 N–H and O–H groups in total. The maximum Gasteiger partial charge on any atom is 0.221 e. The van der Waals surface area contributed by atoms with Crippen LogP contribution in [0.2, 0.25) is 5.02 Å². The van der Waals surface area contributed by atoms with E-state index in [1.54, 1.807) is 12.1 Å². The van der Waals surface area contributed by atoms with Gasteiger partial charge in [0.05, 0.1) is 6.42 Å². The Morgan fingerprint density at radius 1 is 1.20 bits per heavy atom. The van der Waals surface area contributed by atoms with Crippen molar-refractivity contribution in [2.24, 2.45) is 5.73 Å². The molecule has 2 aromatic rings. The molecule has 0 saturated heterocycles. The SMILES string of the molecule is NC(=O)Cc1ccc(NCc2ccc(Cl)cc2F)cc1. The van der Waals surface area contributed by atoms with E-state index in [4.69, 9.17) is 17.3 Å². The first-order chi connectivity index (χ1) is 9.54. The number of carbonyl (C=O) groups excluding carboxylic acids is 1. The summed E-state index contributed by atoms with van der Waals surface area (Å²) in [6.07, 6.45) is 0.214. The summed E-state index contributed by atoms with van der Waals surface area (Å²) in [5, 5.41) is 3.48. The minimum absolute atomic E-state index is 0.214. The van der Waals surface area contributed by atoms with Gasteiger partial charge in [0.15, 0.2) is 0 Å². The van der Waals surface area contributed by atoms with Crippen LogP contribution in [0.4, 0.5) is 10.1 Å². The molecule has 0 fully saturated rings. The van der Waals surface area contributed by atoms with Gasteiger partial charge < -0.3 is 11.1 Å². The zero-order chi connectivity index (χ0) is 14.5. The predicted octanol–water partition coefficient (Wildman–Crippen LogP) is 3.12. The molecular weight excluding hydrogens is 279 g/mol. The average molecular weight is 293 g/mol. The second kappa shape index (κ2) is 6.39. The molecule has 0 bridgehead atoms. The summed E-state index contributed by atoms with van der Waals surface area (Å²) < 4.78 is 13.6. The Morgan fingerprint density at radius 2 is 1.90 bits per heavy atom. The molecule has 0 saturated carbocycles. The van der Waals surface area contributed by atoms with Crippen molar-refractivity contribution in [3.63, 3.8) is 0 Å².